The number of para-hydroxylation sites is 1. The van der Waals surface area contributed by atoms with E-state index in [1.165, 1.54) is 0 Å². The van der Waals surface area contributed by atoms with Crippen LogP contribution in [0.5, 0.6) is 0 Å². The first-order chi connectivity index (χ1) is 7.83. The third-order valence-corrected chi connectivity index (χ3v) is 3.28. The van der Waals surface area contributed by atoms with Crippen LogP contribution in [-0.4, -0.2) is 24.9 Å². The summed E-state index contributed by atoms with van der Waals surface area (Å²) < 4.78 is 10.7. The molecule has 16 heavy (non-hydrogen) atoms. The van der Waals surface area contributed by atoms with E-state index in [2.05, 4.69) is 6.07 Å². The Labute approximate surface area is 93.6 Å². The molecule has 1 aromatic carbocycles. The number of benzene rings is 1. The summed E-state index contributed by atoms with van der Waals surface area (Å²) in [4.78, 5) is 0. The Bertz CT molecular complexity index is 491. The molecule has 0 saturated carbocycles. The highest BCUT2D eigenvalue weighted by atomic mass is 16.5. The van der Waals surface area contributed by atoms with E-state index in [-0.39, 0.29) is 12.0 Å². The molecule has 1 aromatic heterocycles. The van der Waals surface area contributed by atoms with Crippen LogP contribution in [0.3, 0.4) is 0 Å². The molecule has 0 radical (unpaired) electrons. The Morgan fingerprint density at radius 2 is 2.06 bits per heavy atom. The molecule has 0 spiro atoms. The zero-order chi connectivity index (χ0) is 11.0. The van der Waals surface area contributed by atoms with Crippen molar-refractivity contribution in [1.82, 2.24) is 0 Å². The minimum Gasteiger partial charge on any atom is -0.464 e. The van der Waals surface area contributed by atoms with Crippen molar-refractivity contribution in [3.8, 4) is 0 Å². The Morgan fingerprint density at radius 3 is 2.75 bits per heavy atom. The van der Waals surface area contributed by atoms with Gasteiger partial charge in [-0.3, -0.25) is 0 Å². The van der Waals surface area contributed by atoms with Crippen LogP contribution in [0.25, 0.3) is 11.0 Å². The van der Waals surface area contributed by atoms with Crippen molar-refractivity contribution in [2.75, 3.05) is 19.8 Å². The Hall–Kier alpha value is -1.32. The van der Waals surface area contributed by atoms with Crippen LogP contribution in [0, 0.1) is 5.41 Å². The van der Waals surface area contributed by atoms with E-state index in [0.717, 1.165) is 23.0 Å². The molecule has 0 amide bonds. The number of fused-ring (bicyclic) bond motifs is 1. The van der Waals surface area contributed by atoms with Crippen molar-refractivity contribution < 1.29 is 14.3 Å². The third kappa shape index (κ3) is 1.44. The zero-order valence-electron chi connectivity index (χ0n) is 8.98. The van der Waals surface area contributed by atoms with Gasteiger partial charge in [-0.1, -0.05) is 18.2 Å². The van der Waals surface area contributed by atoms with Crippen LogP contribution in [-0.2, 0) is 11.2 Å². The minimum absolute atomic E-state index is 0.0906. The molecule has 0 aliphatic carbocycles. The second-order valence-corrected chi connectivity index (χ2v) is 4.58. The molecule has 84 valence electrons. The van der Waals surface area contributed by atoms with Crippen LogP contribution in [0.2, 0.25) is 0 Å². The molecule has 1 saturated heterocycles. The third-order valence-electron chi connectivity index (χ3n) is 3.28. The maximum Gasteiger partial charge on any atom is 0.134 e. The van der Waals surface area contributed by atoms with Crippen LogP contribution < -0.4 is 0 Å². The van der Waals surface area contributed by atoms with Gasteiger partial charge in [-0.15, -0.1) is 0 Å². The van der Waals surface area contributed by atoms with Crippen molar-refractivity contribution in [2.24, 2.45) is 5.41 Å². The molecule has 3 nitrogen and oxygen atoms in total. The molecule has 2 aromatic rings. The van der Waals surface area contributed by atoms with Gasteiger partial charge in [0.1, 0.15) is 5.58 Å². The molecule has 1 N–H and O–H groups in total. The molecule has 0 unspecified atom stereocenters. The van der Waals surface area contributed by atoms with E-state index in [0.29, 0.717) is 13.2 Å². The lowest BCUT2D eigenvalue weighted by Gasteiger charge is -2.39. The van der Waals surface area contributed by atoms with E-state index in [1.807, 2.05) is 18.2 Å². The molecular weight excluding hydrogens is 204 g/mol. The summed E-state index contributed by atoms with van der Waals surface area (Å²) in [6.07, 6.45) is 2.61. The number of aliphatic hydroxyl groups is 1. The average Bonchev–Trinajstić information content (AvgIpc) is 2.67. The van der Waals surface area contributed by atoms with Gasteiger partial charge < -0.3 is 14.3 Å². The summed E-state index contributed by atoms with van der Waals surface area (Å²) in [5, 5.41) is 10.5. The number of ether oxygens (including phenoxy) is 1. The molecule has 1 aliphatic rings. The van der Waals surface area contributed by atoms with E-state index < -0.39 is 0 Å². The van der Waals surface area contributed by atoms with Crippen molar-refractivity contribution in [1.29, 1.82) is 0 Å². The predicted molar refractivity (Wildman–Crippen MR) is 60.3 cm³/mol. The van der Waals surface area contributed by atoms with Crippen LogP contribution in [0.15, 0.2) is 34.9 Å². The zero-order valence-corrected chi connectivity index (χ0v) is 8.98. The van der Waals surface area contributed by atoms with Gasteiger partial charge in [0.2, 0.25) is 0 Å². The van der Waals surface area contributed by atoms with Crippen LogP contribution >= 0.6 is 0 Å². The number of rotatable bonds is 3. The fraction of sp³-hybridized carbons (Fsp3) is 0.385. The van der Waals surface area contributed by atoms with Crippen molar-refractivity contribution in [3.63, 3.8) is 0 Å². The van der Waals surface area contributed by atoms with E-state index in [1.54, 1.807) is 6.26 Å². The second-order valence-electron chi connectivity index (χ2n) is 4.58. The maximum absolute atomic E-state index is 9.40. The molecule has 2 heterocycles. The van der Waals surface area contributed by atoms with Gasteiger partial charge in [0, 0.05) is 10.8 Å². The Balaban J connectivity index is 1.94. The van der Waals surface area contributed by atoms with E-state index in [9.17, 15) is 5.11 Å². The molecule has 1 aliphatic heterocycles. The summed E-state index contributed by atoms with van der Waals surface area (Å²) in [5.41, 5.74) is 1.98. The summed E-state index contributed by atoms with van der Waals surface area (Å²) in [6.45, 7) is 1.46. The monoisotopic (exact) mass is 218 g/mol. The standard InChI is InChI=1S/C13H14O3/c14-7-13(8-15-9-13)5-10-6-16-12-4-2-1-3-11(10)12/h1-4,6,14H,5,7-9H2. The Morgan fingerprint density at radius 1 is 1.25 bits per heavy atom. The first-order valence-corrected chi connectivity index (χ1v) is 5.47. The average molecular weight is 218 g/mol. The number of furan rings is 1. The molecule has 1 fully saturated rings. The highest BCUT2D eigenvalue weighted by molar-refractivity contribution is 5.80. The number of hydrogen-bond donors (Lipinski definition) is 1. The van der Waals surface area contributed by atoms with Crippen molar-refractivity contribution in [3.05, 3.63) is 36.1 Å². The van der Waals surface area contributed by atoms with Gasteiger partial charge in [-0.05, 0) is 18.1 Å². The highest BCUT2D eigenvalue weighted by Crippen LogP contribution is 2.34. The summed E-state index contributed by atoms with van der Waals surface area (Å²) in [7, 11) is 0. The van der Waals surface area contributed by atoms with E-state index in [4.69, 9.17) is 9.15 Å². The smallest absolute Gasteiger partial charge is 0.134 e. The topological polar surface area (TPSA) is 42.6 Å². The largest absolute Gasteiger partial charge is 0.464 e. The maximum atomic E-state index is 9.40. The summed E-state index contributed by atoms with van der Waals surface area (Å²) in [6, 6.07) is 7.98. The quantitative estimate of drug-likeness (QED) is 0.856. The van der Waals surface area contributed by atoms with Crippen molar-refractivity contribution >= 4 is 11.0 Å². The first-order valence-electron chi connectivity index (χ1n) is 5.47. The van der Waals surface area contributed by atoms with E-state index >= 15 is 0 Å². The molecule has 3 heteroatoms. The SMILES string of the molecule is OCC1(Cc2coc3ccccc23)COC1. The fourth-order valence-corrected chi connectivity index (χ4v) is 2.21. The van der Waals surface area contributed by atoms with Crippen LogP contribution in [0.1, 0.15) is 5.56 Å². The predicted octanol–water partition coefficient (Wildman–Crippen LogP) is 1.98. The van der Waals surface area contributed by atoms with Crippen LogP contribution in [0.4, 0.5) is 0 Å². The number of aliphatic hydroxyl groups excluding tert-OH is 1. The Kier molecular flexibility index (Phi) is 2.23. The molecule has 0 bridgehead atoms. The van der Waals surface area contributed by atoms with Gasteiger partial charge >= 0.3 is 0 Å². The lowest BCUT2D eigenvalue weighted by atomic mass is 9.80. The normalized spacial score (nSPS) is 18.6. The van der Waals surface area contributed by atoms with Crippen molar-refractivity contribution in [2.45, 2.75) is 6.42 Å². The minimum atomic E-state index is -0.0906. The second kappa shape index (κ2) is 3.61. The van der Waals surface area contributed by atoms with Gasteiger partial charge in [-0.2, -0.15) is 0 Å². The summed E-state index contributed by atoms with van der Waals surface area (Å²) in [5.74, 6) is 0. The van der Waals surface area contributed by atoms with Gasteiger partial charge in [-0.25, -0.2) is 0 Å². The van der Waals surface area contributed by atoms with Gasteiger partial charge in [0.05, 0.1) is 26.1 Å². The highest BCUT2D eigenvalue weighted by Gasteiger charge is 2.38. The lowest BCUT2D eigenvalue weighted by Crippen LogP contribution is -2.47. The first kappa shape index (κ1) is 9.87. The fourth-order valence-electron chi connectivity index (χ4n) is 2.21. The summed E-state index contributed by atoms with van der Waals surface area (Å²) >= 11 is 0. The molecule has 3 rings (SSSR count). The molecule has 0 atom stereocenters. The van der Waals surface area contributed by atoms with Gasteiger partial charge in [0.15, 0.2) is 0 Å². The number of hydrogen-bond acceptors (Lipinski definition) is 3. The lowest BCUT2D eigenvalue weighted by molar-refractivity contribution is -0.135. The molecular formula is C13H14O3. The van der Waals surface area contributed by atoms with Gasteiger partial charge in [0.25, 0.3) is 0 Å².